The van der Waals surface area contributed by atoms with Crippen LogP contribution in [0.2, 0.25) is 0 Å². The van der Waals surface area contributed by atoms with Gasteiger partial charge in [0.2, 0.25) is 0 Å². The second-order valence-electron chi connectivity index (χ2n) is 5.20. The topological polar surface area (TPSA) is 33.0 Å². The fraction of sp³-hybridized carbons (Fsp3) is 0.500. The predicted molar refractivity (Wildman–Crippen MR) is 73.5 cm³/mol. The van der Waals surface area contributed by atoms with E-state index in [1.54, 1.807) is 12.1 Å². The molecule has 0 spiro atoms. The van der Waals surface area contributed by atoms with Crippen molar-refractivity contribution in [2.24, 2.45) is 11.3 Å². The summed E-state index contributed by atoms with van der Waals surface area (Å²) in [5, 5.41) is 8.80. The van der Waals surface area contributed by atoms with Crippen LogP contribution < -0.4 is 4.74 Å². The summed E-state index contributed by atoms with van der Waals surface area (Å²) in [6, 6.07) is 9.34. The van der Waals surface area contributed by atoms with Crippen molar-refractivity contribution in [3.8, 4) is 11.8 Å². The first-order valence-corrected chi connectivity index (χ1v) is 6.34. The number of ether oxygens (including phenoxy) is 1. The van der Waals surface area contributed by atoms with Gasteiger partial charge in [-0.1, -0.05) is 26.8 Å². The molecule has 1 atom stereocenters. The van der Waals surface area contributed by atoms with Gasteiger partial charge in [0.05, 0.1) is 18.2 Å². The zero-order valence-corrected chi connectivity index (χ0v) is 11.5. The highest BCUT2D eigenvalue weighted by Crippen LogP contribution is 2.27. The van der Waals surface area contributed by atoms with E-state index in [1.807, 2.05) is 12.1 Å². The minimum Gasteiger partial charge on any atom is -0.493 e. The molecule has 0 saturated heterocycles. The van der Waals surface area contributed by atoms with Crippen molar-refractivity contribution >= 4 is 12.6 Å². The summed E-state index contributed by atoms with van der Waals surface area (Å²) < 4.78 is 5.73. The third kappa shape index (κ3) is 4.32. The molecule has 0 aliphatic rings. The maximum absolute atomic E-state index is 8.80. The van der Waals surface area contributed by atoms with Crippen LogP contribution in [0.25, 0.3) is 0 Å². The Morgan fingerprint density at radius 2 is 2.12 bits per heavy atom. The van der Waals surface area contributed by atoms with E-state index in [2.05, 4.69) is 39.5 Å². The number of rotatable bonds is 4. The Morgan fingerprint density at radius 1 is 1.41 bits per heavy atom. The van der Waals surface area contributed by atoms with E-state index in [-0.39, 0.29) is 5.41 Å². The number of nitrogens with zero attached hydrogens (tertiary/aromatic N) is 1. The minimum absolute atomic E-state index is 0.175. The van der Waals surface area contributed by atoms with Crippen LogP contribution >= 0.6 is 12.6 Å². The van der Waals surface area contributed by atoms with Crippen molar-refractivity contribution < 1.29 is 4.74 Å². The Labute approximate surface area is 109 Å². The van der Waals surface area contributed by atoms with E-state index in [4.69, 9.17) is 10.00 Å². The van der Waals surface area contributed by atoms with Crippen LogP contribution in [0.5, 0.6) is 5.75 Å². The predicted octanol–water partition coefficient (Wildman–Crippen LogP) is 3.53. The van der Waals surface area contributed by atoms with Crippen LogP contribution in [0.15, 0.2) is 24.3 Å². The molecule has 1 aromatic rings. The zero-order valence-electron chi connectivity index (χ0n) is 10.6. The lowest BCUT2D eigenvalue weighted by atomic mass is 9.82. The summed E-state index contributed by atoms with van der Waals surface area (Å²) in [6.07, 6.45) is 0. The lowest BCUT2D eigenvalue weighted by molar-refractivity contribution is 0.165. The molecule has 2 nitrogen and oxygen atoms in total. The summed E-state index contributed by atoms with van der Waals surface area (Å²) in [7, 11) is 0. The molecule has 0 N–H and O–H groups in total. The monoisotopic (exact) mass is 249 g/mol. The van der Waals surface area contributed by atoms with Gasteiger partial charge >= 0.3 is 0 Å². The highest BCUT2D eigenvalue weighted by molar-refractivity contribution is 7.80. The van der Waals surface area contributed by atoms with E-state index < -0.39 is 0 Å². The quantitative estimate of drug-likeness (QED) is 0.828. The Kier molecular flexibility index (Phi) is 4.89. The summed E-state index contributed by atoms with van der Waals surface area (Å²) in [4.78, 5) is 0. The van der Waals surface area contributed by atoms with Crippen molar-refractivity contribution in [2.75, 3.05) is 12.4 Å². The van der Waals surface area contributed by atoms with E-state index in [1.165, 1.54) is 0 Å². The van der Waals surface area contributed by atoms with Crippen molar-refractivity contribution in [1.82, 2.24) is 0 Å². The number of benzene rings is 1. The Bertz CT molecular complexity index is 403. The molecule has 0 fully saturated rings. The van der Waals surface area contributed by atoms with Crippen LogP contribution in [0.1, 0.15) is 26.3 Å². The van der Waals surface area contributed by atoms with Gasteiger partial charge in [0.1, 0.15) is 5.75 Å². The summed E-state index contributed by atoms with van der Waals surface area (Å²) in [5.74, 6) is 1.93. The molecule has 0 saturated carbocycles. The first kappa shape index (κ1) is 13.9. The molecule has 17 heavy (non-hydrogen) atoms. The van der Waals surface area contributed by atoms with E-state index in [9.17, 15) is 0 Å². The van der Waals surface area contributed by atoms with Crippen molar-refractivity contribution in [1.29, 1.82) is 5.26 Å². The highest BCUT2D eigenvalue weighted by Gasteiger charge is 2.23. The largest absolute Gasteiger partial charge is 0.493 e. The van der Waals surface area contributed by atoms with Gasteiger partial charge in [-0.25, -0.2) is 0 Å². The van der Waals surface area contributed by atoms with Gasteiger partial charge in [-0.05, 0) is 29.4 Å². The second-order valence-corrected chi connectivity index (χ2v) is 5.56. The number of thiol groups is 1. The molecule has 0 bridgehead atoms. The molecule has 0 aromatic heterocycles. The van der Waals surface area contributed by atoms with Crippen LogP contribution in [0.4, 0.5) is 0 Å². The number of nitriles is 1. The lowest BCUT2D eigenvalue weighted by Crippen LogP contribution is -2.28. The first-order valence-electron chi connectivity index (χ1n) is 5.71. The van der Waals surface area contributed by atoms with Crippen LogP contribution in [0, 0.1) is 22.7 Å². The summed E-state index contributed by atoms with van der Waals surface area (Å²) in [5.41, 5.74) is 0.801. The lowest BCUT2D eigenvalue weighted by Gasteiger charge is -2.29. The fourth-order valence-electron chi connectivity index (χ4n) is 1.43. The molecule has 0 heterocycles. The molecule has 1 aromatic carbocycles. The van der Waals surface area contributed by atoms with Crippen LogP contribution in [-0.2, 0) is 0 Å². The summed E-state index contributed by atoms with van der Waals surface area (Å²) in [6.45, 7) is 7.18. The van der Waals surface area contributed by atoms with Gasteiger partial charge in [-0.3, -0.25) is 0 Å². The van der Waals surface area contributed by atoms with Crippen molar-refractivity contribution in [3.63, 3.8) is 0 Å². The van der Waals surface area contributed by atoms with Crippen molar-refractivity contribution in [2.45, 2.75) is 20.8 Å². The number of hydrogen-bond acceptors (Lipinski definition) is 3. The smallest absolute Gasteiger partial charge is 0.120 e. The average Bonchev–Trinajstić information content (AvgIpc) is 2.28. The molecule has 3 heteroatoms. The third-order valence-electron chi connectivity index (χ3n) is 2.86. The SMILES string of the molecule is CC(C)(C)C(CS)COc1cccc(C#N)c1. The molecule has 0 aliphatic carbocycles. The molecule has 1 unspecified atom stereocenters. The average molecular weight is 249 g/mol. The Morgan fingerprint density at radius 3 is 2.65 bits per heavy atom. The van der Waals surface area contributed by atoms with E-state index in [0.717, 1.165) is 11.5 Å². The molecule has 0 aliphatic heterocycles. The molecule has 1 rings (SSSR count). The molecular formula is C14H19NOS. The molecule has 0 amide bonds. The van der Waals surface area contributed by atoms with Gasteiger partial charge in [0.25, 0.3) is 0 Å². The first-order chi connectivity index (χ1) is 7.97. The maximum atomic E-state index is 8.80. The normalized spacial score (nSPS) is 12.9. The maximum Gasteiger partial charge on any atom is 0.120 e. The van der Waals surface area contributed by atoms with Gasteiger partial charge in [0, 0.05) is 5.92 Å². The van der Waals surface area contributed by atoms with Gasteiger partial charge < -0.3 is 4.74 Å². The van der Waals surface area contributed by atoms with Crippen molar-refractivity contribution in [3.05, 3.63) is 29.8 Å². The zero-order chi connectivity index (χ0) is 12.9. The van der Waals surface area contributed by atoms with Gasteiger partial charge in [0.15, 0.2) is 0 Å². The van der Waals surface area contributed by atoms with Crippen LogP contribution in [-0.4, -0.2) is 12.4 Å². The molecule has 0 radical (unpaired) electrons. The minimum atomic E-state index is 0.175. The van der Waals surface area contributed by atoms with E-state index >= 15 is 0 Å². The fourth-order valence-corrected chi connectivity index (χ4v) is 2.08. The standard InChI is InChI=1S/C14H19NOS/c1-14(2,3)12(10-17)9-16-13-6-4-5-11(7-13)8-15/h4-7,12,17H,9-10H2,1-3H3. The third-order valence-corrected chi connectivity index (χ3v) is 3.30. The molecular weight excluding hydrogens is 230 g/mol. The Hall–Kier alpha value is -1.14. The van der Waals surface area contributed by atoms with Gasteiger partial charge in [-0.15, -0.1) is 0 Å². The summed E-state index contributed by atoms with van der Waals surface area (Å²) >= 11 is 4.36. The number of hydrogen-bond donors (Lipinski definition) is 1. The highest BCUT2D eigenvalue weighted by atomic mass is 32.1. The van der Waals surface area contributed by atoms with E-state index in [0.29, 0.717) is 18.1 Å². The Balaban J connectivity index is 2.63. The van der Waals surface area contributed by atoms with Crippen LogP contribution in [0.3, 0.4) is 0 Å². The van der Waals surface area contributed by atoms with Gasteiger partial charge in [-0.2, -0.15) is 17.9 Å². The molecule has 92 valence electrons. The second kappa shape index (κ2) is 5.97.